The van der Waals surface area contributed by atoms with Gasteiger partial charge >= 0.3 is 0 Å². The number of anilines is 1. The SMILES string of the molecule is CC(C)Oc1ncc(N)cc1Cl.Cl. The van der Waals surface area contributed by atoms with E-state index in [-0.39, 0.29) is 18.5 Å². The highest BCUT2D eigenvalue weighted by molar-refractivity contribution is 6.32. The summed E-state index contributed by atoms with van der Waals surface area (Å²) in [6.45, 7) is 3.82. The second-order valence-corrected chi connectivity index (χ2v) is 3.13. The number of pyridine rings is 1. The zero-order valence-electron chi connectivity index (χ0n) is 7.45. The van der Waals surface area contributed by atoms with Gasteiger partial charge in [0.2, 0.25) is 5.88 Å². The number of aromatic nitrogens is 1. The molecule has 0 aromatic carbocycles. The van der Waals surface area contributed by atoms with E-state index in [0.29, 0.717) is 16.6 Å². The highest BCUT2D eigenvalue weighted by Gasteiger charge is 2.04. The topological polar surface area (TPSA) is 48.1 Å². The minimum absolute atomic E-state index is 0. The number of nitrogen functional groups attached to an aromatic ring is 1. The molecule has 0 aliphatic heterocycles. The van der Waals surface area contributed by atoms with Gasteiger partial charge in [0.1, 0.15) is 5.02 Å². The number of halogens is 2. The molecule has 13 heavy (non-hydrogen) atoms. The average Bonchev–Trinajstić information content (AvgIpc) is 1.94. The summed E-state index contributed by atoms with van der Waals surface area (Å²) in [5.41, 5.74) is 5.99. The van der Waals surface area contributed by atoms with E-state index in [4.69, 9.17) is 22.1 Å². The van der Waals surface area contributed by atoms with Crippen LogP contribution in [0.25, 0.3) is 0 Å². The van der Waals surface area contributed by atoms with Gasteiger partial charge < -0.3 is 10.5 Å². The summed E-state index contributed by atoms with van der Waals surface area (Å²) >= 11 is 5.81. The van der Waals surface area contributed by atoms with Gasteiger partial charge in [-0.05, 0) is 19.9 Å². The van der Waals surface area contributed by atoms with E-state index >= 15 is 0 Å². The maximum Gasteiger partial charge on any atom is 0.232 e. The van der Waals surface area contributed by atoms with E-state index in [1.807, 2.05) is 13.8 Å². The van der Waals surface area contributed by atoms with Crippen molar-refractivity contribution in [2.24, 2.45) is 0 Å². The molecule has 0 fully saturated rings. The van der Waals surface area contributed by atoms with Crippen molar-refractivity contribution >= 4 is 29.7 Å². The summed E-state index contributed by atoms with van der Waals surface area (Å²) in [6, 6.07) is 1.62. The van der Waals surface area contributed by atoms with Crippen LogP contribution in [0, 0.1) is 0 Å². The third kappa shape index (κ3) is 3.70. The number of nitrogens with two attached hydrogens (primary N) is 1. The molecular formula is C8H12Cl2N2O. The second-order valence-electron chi connectivity index (χ2n) is 2.72. The molecule has 3 nitrogen and oxygen atoms in total. The first-order valence-electron chi connectivity index (χ1n) is 3.67. The lowest BCUT2D eigenvalue weighted by Gasteiger charge is -2.09. The Morgan fingerprint density at radius 3 is 2.62 bits per heavy atom. The maximum absolute atomic E-state index is 5.81. The molecule has 0 saturated carbocycles. The normalized spacial score (nSPS) is 9.54. The first kappa shape index (κ1) is 12.3. The molecule has 5 heteroatoms. The van der Waals surface area contributed by atoms with Gasteiger partial charge in [-0.2, -0.15) is 0 Å². The molecule has 0 saturated heterocycles. The number of nitrogens with zero attached hydrogens (tertiary/aromatic N) is 1. The lowest BCUT2D eigenvalue weighted by Crippen LogP contribution is -2.07. The van der Waals surface area contributed by atoms with Gasteiger partial charge in [0, 0.05) is 0 Å². The standard InChI is InChI=1S/C8H11ClN2O.ClH/c1-5(2)12-8-7(9)3-6(10)4-11-8;/h3-5H,10H2,1-2H3;1H. The Hall–Kier alpha value is -0.670. The lowest BCUT2D eigenvalue weighted by atomic mass is 10.4. The Morgan fingerprint density at radius 2 is 2.15 bits per heavy atom. The van der Waals surface area contributed by atoms with Crippen LogP contribution in [0.2, 0.25) is 5.02 Å². The van der Waals surface area contributed by atoms with Crippen molar-refractivity contribution in [3.63, 3.8) is 0 Å². The van der Waals surface area contributed by atoms with E-state index in [2.05, 4.69) is 4.98 Å². The van der Waals surface area contributed by atoms with Gasteiger partial charge in [0.15, 0.2) is 0 Å². The molecule has 1 rings (SSSR count). The zero-order chi connectivity index (χ0) is 9.14. The molecule has 1 heterocycles. The van der Waals surface area contributed by atoms with Crippen LogP contribution in [0.3, 0.4) is 0 Å². The predicted octanol–water partition coefficient (Wildman–Crippen LogP) is 2.53. The third-order valence-corrected chi connectivity index (χ3v) is 1.45. The molecule has 0 aliphatic carbocycles. The van der Waals surface area contributed by atoms with Gasteiger partial charge in [-0.15, -0.1) is 12.4 Å². The van der Waals surface area contributed by atoms with Crippen LogP contribution in [-0.2, 0) is 0 Å². The maximum atomic E-state index is 5.81. The predicted molar refractivity (Wildman–Crippen MR) is 56.7 cm³/mol. The average molecular weight is 223 g/mol. The van der Waals surface area contributed by atoms with Gasteiger partial charge in [-0.1, -0.05) is 11.6 Å². The van der Waals surface area contributed by atoms with Gasteiger partial charge in [0.05, 0.1) is 18.0 Å². The number of hydrogen-bond acceptors (Lipinski definition) is 3. The van der Waals surface area contributed by atoms with Crippen LogP contribution in [0.5, 0.6) is 5.88 Å². The molecular weight excluding hydrogens is 211 g/mol. The van der Waals surface area contributed by atoms with Crippen molar-refractivity contribution in [2.45, 2.75) is 20.0 Å². The largest absolute Gasteiger partial charge is 0.474 e. The smallest absolute Gasteiger partial charge is 0.232 e. The van der Waals surface area contributed by atoms with Crippen LogP contribution in [-0.4, -0.2) is 11.1 Å². The molecule has 0 spiro atoms. The highest BCUT2D eigenvalue weighted by Crippen LogP contribution is 2.23. The molecule has 0 atom stereocenters. The molecule has 0 amide bonds. The van der Waals surface area contributed by atoms with Crippen molar-refractivity contribution in [1.29, 1.82) is 0 Å². The Morgan fingerprint density at radius 1 is 1.54 bits per heavy atom. The van der Waals surface area contributed by atoms with E-state index < -0.39 is 0 Å². The minimum Gasteiger partial charge on any atom is -0.474 e. The number of rotatable bonds is 2. The van der Waals surface area contributed by atoms with Crippen LogP contribution < -0.4 is 10.5 Å². The summed E-state index contributed by atoms with van der Waals surface area (Å²) in [4.78, 5) is 3.94. The number of hydrogen-bond donors (Lipinski definition) is 1. The second kappa shape index (κ2) is 5.14. The van der Waals surface area contributed by atoms with E-state index in [1.54, 1.807) is 6.07 Å². The van der Waals surface area contributed by atoms with E-state index in [0.717, 1.165) is 0 Å². The fourth-order valence-electron chi connectivity index (χ4n) is 0.750. The van der Waals surface area contributed by atoms with Crippen LogP contribution in [0.15, 0.2) is 12.3 Å². The van der Waals surface area contributed by atoms with Crippen molar-refractivity contribution in [1.82, 2.24) is 4.98 Å². The quantitative estimate of drug-likeness (QED) is 0.837. The molecule has 2 N–H and O–H groups in total. The highest BCUT2D eigenvalue weighted by atomic mass is 35.5. The van der Waals surface area contributed by atoms with Crippen molar-refractivity contribution < 1.29 is 4.74 Å². The van der Waals surface area contributed by atoms with Gasteiger partial charge in [-0.25, -0.2) is 4.98 Å². The van der Waals surface area contributed by atoms with Crippen LogP contribution >= 0.6 is 24.0 Å². The van der Waals surface area contributed by atoms with E-state index in [1.165, 1.54) is 6.20 Å². The zero-order valence-corrected chi connectivity index (χ0v) is 9.02. The summed E-state index contributed by atoms with van der Waals surface area (Å²) in [6.07, 6.45) is 1.59. The Labute approximate surface area is 88.7 Å². The molecule has 0 unspecified atom stereocenters. The molecule has 74 valence electrons. The fourth-order valence-corrected chi connectivity index (χ4v) is 0.969. The van der Waals surface area contributed by atoms with Crippen molar-refractivity contribution in [3.8, 4) is 5.88 Å². The molecule has 1 aromatic rings. The Balaban J connectivity index is 0.00000144. The summed E-state index contributed by atoms with van der Waals surface area (Å²) < 4.78 is 5.30. The van der Waals surface area contributed by atoms with Crippen LogP contribution in [0.1, 0.15) is 13.8 Å². The summed E-state index contributed by atoms with van der Waals surface area (Å²) in [7, 11) is 0. The first-order chi connectivity index (χ1) is 5.59. The summed E-state index contributed by atoms with van der Waals surface area (Å²) in [5.74, 6) is 0.431. The first-order valence-corrected chi connectivity index (χ1v) is 4.05. The van der Waals surface area contributed by atoms with Gasteiger partial charge in [-0.3, -0.25) is 0 Å². The Bertz CT molecular complexity index is 279. The Kier molecular flexibility index (Phi) is 4.88. The van der Waals surface area contributed by atoms with E-state index in [9.17, 15) is 0 Å². The fraction of sp³-hybridized carbons (Fsp3) is 0.375. The minimum atomic E-state index is 0. The molecule has 0 aliphatic rings. The summed E-state index contributed by atoms with van der Waals surface area (Å²) in [5, 5.41) is 0.448. The van der Waals surface area contributed by atoms with Crippen LogP contribution in [0.4, 0.5) is 5.69 Å². The van der Waals surface area contributed by atoms with Crippen molar-refractivity contribution in [2.75, 3.05) is 5.73 Å². The molecule has 0 bridgehead atoms. The number of ether oxygens (including phenoxy) is 1. The van der Waals surface area contributed by atoms with Gasteiger partial charge in [0.25, 0.3) is 0 Å². The monoisotopic (exact) mass is 222 g/mol. The molecule has 1 aromatic heterocycles. The molecule has 0 radical (unpaired) electrons. The lowest BCUT2D eigenvalue weighted by molar-refractivity contribution is 0.233. The third-order valence-electron chi connectivity index (χ3n) is 1.18. The van der Waals surface area contributed by atoms with Crippen molar-refractivity contribution in [3.05, 3.63) is 17.3 Å².